The van der Waals surface area contributed by atoms with E-state index in [2.05, 4.69) is 4.74 Å². The summed E-state index contributed by atoms with van der Waals surface area (Å²) in [5, 5.41) is 8.37. The Morgan fingerprint density at radius 2 is 2.16 bits per heavy atom. The molecule has 0 atom stereocenters. The third-order valence-corrected chi connectivity index (χ3v) is 2.33. The molecule has 0 aromatic heterocycles. The predicted molar refractivity (Wildman–Crippen MR) is 72.4 cm³/mol. The van der Waals surface area contributed by atoms with Crippen molar-refractivity contribution in [2.75, 3.05) is 13.7 Å². The van der Waals surface area contributed by atoms with E-state index in [1.165, 1.54) is 13.2 Å². The Kier molecular flexibility index (Phi) is 5.90. The maximum absolute atomic E-state index is 11.3. The Balaban J connectivity index is 2.87. The number of hydrogen-bond donors (Lipinski definition) is 0. The third kappa shape index (κ3) is 4.68. The second kappa shape index (κ2) is 7.72. The average Bonchev–Trinajstić information content (AvgIpc) is 2.44. The van der Waals surface area contributed by atoms with Crippen LogP contribution in [0.3, 0.4) is 0 Å². The van der Waals surface area contributed by atoms with Crippen LogP contribution >= 0.6 is 0 Å². The van der Waals surface area contributed by atoms with Crippen LogP contribution in [0.5, 0.6) is 5.75 Å². The lowest BCUT2D eigenvalue weighted by Gasteiger charge is -2.07. The minimum absolute atomic E-state index is 0.301. The Morgan fingerprint density at radius 3 is 2.84 bits per heavy atom. The Labute approximate surface area is 112 Å². The van der Waals surface area contributed by atoms with E-state index in [1.54, 1.807) is 25.1 Å². The minimum atomic E-state index is -0.376. The molecule has 1 aromatic carbocycles. The number of ether oxygens (including phenoxy) is 2. The number of nitrogens with zero attached hydrogens (tertiary/aromatic N) is 1. The number of esters is 1. The van der Waals surface area contributed by atoms with Gasteiger partial charge in [0, 0.05) is 17.2 Å². The molecule has 0 aliphatic rings. The van der Waals surface area contributed by atoms with Crippen molar-refractivity contribution in [1.29, 1.82) is 5.26 Å². The van der Waals surface area contributed by atoms with Crippen LogP contribution in [0, 0.1) is 11.3 Å². The van der Waals surface area contributed by atoms with E-state index >= 15 is 0 Å². The molecule has 0 unspecified atom stereocenters. The number of nitriles is 1. The fourth-order valence-electron chi connectivity index (χ4n) is 1.42. The van der Waals surface area contributed by atoms with Crippen molar-refractivity contribution in [1.82, 2.24) is 0 Å². The maximum atomic E-state index is 11.3. The van der Waals surface area contributed by atoms with E-state index in [0.29, 0.717) is 17.9 Å². The monoisotopic (exact) mass is 257 g/mol. The van der Waals surface area contributed by atoms with Gasteiger partial charge in [0.2, 0.25) is 0 Å². The second-order valence-electron chi connectivity index (χ2n) is 3.70. The van der Waals surface area contributed by atoms with E-state index in [9.17, 15) is 4.79 Å². The first kappa shape index (κ1) is 14.5. The Morgan fingerprint density at radius 1 is 1.42 bits per heavy atom. The van der Waals surface area contributed by atoms with Crippen LogP contribution in [0.2, 0.25) is 0 Å². The van der Waals surface area contributed by atoms with Crippen molar-refractivity contribution in [2.24, 2.45) is 0 Å². The van der Waals surface area contributed by atoms with Crippen LogP contribution in [0.1, 0.15) is 12.5 Å². The first-order chi connectivity index (χ1) is 9.19. The van der Waals surface area contributed by atoms with Gasteiger partial charge in [-0.05, 0) is 25.1 Å². The van der Waals surface area contributed by atoms with Gasteiger partial charge >= 0.3 is 5.97 Å². The predicted octanol–water partition coefficient (Wildman–Crippen LogP) is 2.72. The van der Waals surface area contributed by atoms with Gasteiger partial charge < -0.3 is 9.47 Å². The molecular weight excluding hydrogens is 242 g/mol. The van der Waals surface area contributed by atoms with E-state index in [1.807, 2.05) is 24.3 Å². The summed E-state index contributed by atoms with van der Waals surface area (Å²) in [6.45, 7) is 1.98. The summed E-state index contributed by atoms with van der Waals surface area (Å²) in [6, 6.07) is 9.23. The normalized spacial score (nSPS) is 11.1. The topological polar surface area (TPSA) is 59.3 Å². The van der Waals surface area contributed by atoms with Crippen LogP contribution in [0.4, 0.5) is 0 Å². The Hall–Kier alpha value is -2.54. The van der Waals surface area contributed by atoms with Crippen molar-refractivity contribution >= 4 is 12.0 Å². The SMILES string of the molecule is COC(=O)/C(C)=C/c1ccccc1OC/C=C/C#N. The van der Waals surface area contributed by atoms with Gasteiger partial charge in [-0.3, -0.25) is 0 Å². The van der Waals surface area contributed by atoms with E-state index in [-0.39, 0.29) is 5.97 Å². The fourth-order valence-corrected chi connectivity index (χ4v) is 1.42. The number of hydrogen-bond acceptors (Lipinski definition) is 4. The van der Waals surface area contributed by atoms with Crippen molar-refractivity contribution < 1.29 is 14.3 Å². The van der Waals surface area contributed by atoms with Gasteiger partial charge in [0.25, 0.3) is 0 Å². The summed E-state index contributed by atoms with van der Waals surface area (Å²) in [4.78, 5) is 11.3. The maximum Gasteiger partial charge on any atom is 0.333 e. The van der Waals surface area contributed by atoms with Crippen LogP contribution in [0.15, 0.2) is 42.0 Å². The molecule has 0 saturated heterocycles. The number of benzene rings is 1. The number of para-hydroxylation sites is 1. The van der Waals surface area contributed by atoms with Gasteiger partial charge in [0.1, 0.15) is 12.4 Å². The van der Waals surface area contributed by atoms with Crippen LogP contribution in [-0.4, -0.2) is 19.7 Å². The summed E-state index contributed by atoms with van der Waals surface area (Å²) < 4.78 is 10.2. The van der Waals surface area contributed by atoms with Gasteiger partial charge in [-0.25, -0.2) is 4.79 Å². The standard InChI is InChI=1S/C15H15NO3/c1-12(15(17)18-2)11-13-7-3-4-8-14(13)19-10-6-5-9-16/h3-8,11H,10H2,1-2H3/b6-5+,12-11+. The van der Waals surface area contributed by atoms with Crippen LogP contribution in [-0.2, 0) is 9.53 Å². The number of methoxy groups -OCH3 is 1. The van der Waals surface area contributed by atoms with Crippen molar-refractivity contribution in [3.63, 3.8) is 0 Å². The largest absolute Gasteiger partial charge is 0.489 e. The smallest absolute Gasteiger partial charge is 0.333 e. The van der Waals surface area contributed by atoms with Crippen molar-refractivity contribution in [3.05, 3.63) is 47.6 Å². The molecule has 0 radical (unpaired) electrons. The molecule has 4 heteroatoms. The van der Waals surface area contributed by atoms with Crippen LogP contribution < -0.4 is 4.74 Å². The highest BCUT2D eigenvalue weighted by Gasteiger charge is 2.05. The van der Waals surface area contributed by atoms with Crippen molar-refractivity contribution in [3.8, 4) is 11.8 Å². The van der Waals surface area contributed by atoms with E-state index in [0.717, 1.165) is 5.56 Å². The lowest BCUT2D eigenvalue weighted by Crippen LogP contribution is -2.01. The molecule has 19 heavy (non-hydrogen) atoms. The summed E-state index contributed by atoms with van der Waals surface area (Å²) in [5.74, 6) is 0.271. The molecule has 0 heterocycles. The zero-order valence-electron chi connectivity index (χ0n) is 10.9. The summed E-state index contributed by atoms with van der Waals surface area (Å²) in [5.41, 5.74) is 1.28. The van der Waals surface area contributed by atoms with Crippen LogP contribution in [0.25, 0.3) is 6.08 Å². The lowest BCUT2D eigenvalue weighted by molar-refractivity contribution is -0.135. The third-order valence-electron chi connectivity index (χ3n) is 2.33. The fraction of sp³-hybridized carbons (Fsp3) is 0.200. The van der Waals surface area contributed by atoms with Gasteiger partial charge in [0.15, 0.2) is 0 Å². The summed E-state index contributed by atoms with van der Waals surface area (Å²) >= 11 is 0. The molecule has 1 rings (SSSR count). The van der Waals surface area contributed by atoms with Gasteiger partial charge in [-0.2, -0.15) is 5.26 Å². The van der Waals surface area contributed by atoms with Gasteiger partial charge in [0.05, 0.1) is 13.2 Å². The molecular formula is C15H15NO3. The molecule has 0 saturated carbocycles. The molecule has 1 aromatic rings. The number of rotatable bonds is 5. The molecule has 4 nitrogen and oxygen atoms in total. The lowest BCUT2D eigenvalue weighted by atomic mass is 10.1. The second-order valence-corrected chi connectivity index (χ2v) is 3.70. The summed E-state index contributed by atoms with van der Waals surface area (Å²) in [7, 11) is 1.34. The van der Waals surface area contributed by atoms with Crippen molar-refractivity contribution in [2.45, 2.75) is 6.92 Å². The molecule has 0 N–H and O–H groups in total. The molecule has 98 valence electrons. The highest BCUT2D eigenvalue weighted by Crippen LogP contribution is 2.21. The van der Waals surface area contributed by atoms with Gasteiger partial charge in [-0.1, -0.05) is 18.2 Å². The number of carbonyl (C=O) groups excluding carboxylic acids is 1. The number of allylic oxidation sites excluding steroid dienone is 1. The minimum Gasteiger partial charge on any atom is -0.489 e. The molecule has 0 spiro atoms. The highest BCUT2D eigenvalue weighted by molar-refractivity contribution is 5.93. The number of carbonyl (C=O) groups is 1. The molecule has 0 fully saturated rings. The average molecular weight is 257 g/mol. The molecule has 0 aliphatic heterocycles. The molecule has 0 bridgehead atoms. The summed E-state index contributed by atoms with van der Waals surface area (Å²) in [6.07, 6.45) is 4.68. The zero-order valence-corrected chi connectivity index (χ0v) is 10.9. The zero-order chi connectivity index (χ0) is 14.1. The van der Waals surface area contributed by atoms with E-state index < -0.39 is 0 Å². The van der Waals surface area contributed by atoms with E-state index in [4.69, 9.17) is 10.00 Å². The first-order valence-corrected chi connectivity index (χ1v) is 5.72. The Bertz CT molecular complexity index is 539. The quantitative estimate of drug-likeness (QED) is 0.462. The molecule has 0 amide bonds. The molecule has 0 aliphatic carbocycles. The van der Waals surface area contributed by atoms with Gasteiger partial charge in [-0.15, -0.1) is 0 Å². The highest BCUT2D eigenvalue weighted by atomic mass is 16.5. The first-order valence-electron chi connectivity index (χ1n) is 5.72.